The molecular formula is C16H23NO3. The van der Waals surface area contributed by atoms with Crippen LogP contribution in [0.5, 0.6) is 0 Å². The van der Waals surface area contributed by atoms with E-state index in [0.717, 1.165) is 12.0 Å². The number of nitrogens with one attached hydrogen (secondary N) is 1. The second-order valence-electron chi connectivity index (χ2n) is 5.24. The van der Waals surface area contributed by atoms with Crippen LogP contribution >= 0.6 is 0 Å². The number of hydrogen-bond acceptors (Lipinski definition) is 4. The number of rotatable bonds is 5. The molecule has 110 valence electrons. The summed E-state index contributed by atoms with van der Waals surface area (Å²) in [5.41, 5.74) is 2.01. The molecule has 0 saturated heterocycles. The molecule has 1 aliphatic rings. The molecule has 0 saturated carbocycles. The molecule has 4 heteroatoms. The average Bonchev–Trinajstić information content (AvgIpc) is 2.48. The third-order valence-corrected chi connectivity index (χ3v) is 3.86. The Labute approximate surface area is 119 Å². The monoisotopic (exact) mass is 277 g/mol. The summed E-state index contributed by atoms with van der Waals surface area (Å²) < 4.78 is 0. The molecule has 0 bridgehead atoms. The Kier molecular flexibility index (Phi) is 5.31. The van der Waals surface area contributed by atoms with Crippen LogP contribution in [0, 0.1) is 0 Å². The van der Waals surface area contributed by atoms with Gasteiger partial charge < -0.3 is 20.6 Å². The lowest BCUT2D eigenvalue weighted by atomic mass is 9.87. The highest BCUT2D eigenvalue weighted by atomic mass is 16.4. The average molecular weight is 277 g/mol. The summed E-state index contributed by atoms with van der Waals surface area (Å²) >= 11 is 0. The minimum absolute atomic E-state index is 0.313. The van der Waals surface area contributed by atoms with E-state index >= 15 is 0 Å². The first kappa shape index (κ1) is 15.2. The third kappa shape index (κ3) is 3.46. The predicted molar refractivity (Wildman–Crippen MR) is 78.3 cm³/mol. The van der Waals surface area contributed by atoms with E-state index in [-0.39, 0.29) is 6.04 Å². The quantitative estimate of drug-likeness (QED) is 0.595. The largest absolute Gasteiger partial charge is 0.388 e. The van der Waals surface area contributed by atoms with E-state index in [4.69, 9.17) is 0 Å². The molecule has 1 aromatic rings. The summed E-state index contributed by atoms with van der Waals surface area (Å²) in [5, 5.41) is 32.9. The topological polar surface area (TPSA) is 72.7 Å². The van der Waals surface area contributed by atoms with Crippen molar-refractivity contribution in [3.05, 3.63) is 47.5 Å². The molecule has 4 atom stereocenters. The van der Waals surface area contributed by atoms with Gasteiger partial charge in [0, 0.05) is 0 Å². The Balaban J connectivity index is 1.93. The lowest BCUT2D eigenvalue weighted by Gasteiger charge is -2.35. The van der Waals surface area contributed by atoms with Crippen LogP contribution in [0.1, 0.15) is 18.9 Å². The Morgan fingerprint density at radius 2 is 1.75 bits per heavy atom. The highest BCUT2D eigenvalue weighted by Crippen LogP contribution is 2.22. The minimum Gasteiger partial charge on any atom is -0.388 e. The molecule has 0 amide bonds. The zero-order valence-electron chi connectivity index (χ0n) is 11.7. The SMILES string of the molecule is CCC1=C[C@H](NCCc2ccccc2)[C@H](O)C(O)[C@@H]1O. The van der Waals surface area contributed by atoms with Crippen molar-refractivity contribution in [1.82, 2.24) is 5.32 Å². The van der Waals surface area contributed by atoms with E-state index in [1.165, 1.54) is 5.56 Å². The molecule has 0 radical (unpaired) electrons. The Bertz CT molecular complexity index is 446. The fraction of sp³-hybridized carbons (Fsp3) is 0.500. The molecule has 1 aromatic carbocycles. The molecule has 20 heavy (non-hydrogen) atoms. The smallest absolute Gasteiger partial charge is 0.111 e. The predicted octanol–water partition coefficient (Wildman–Crippen LogP) is 0.620. The van der Waals surface area contributed by atoms with Gasteiger partial charge >= 0.3 is 0 Å². The molecule has 0 heterocycles. The van der Waals surface area contributed by atoms with Crippen molar-refractivity contribution in [2.24, 2.45) is 0 Å². The highest BCUT2D eigenvalue weighted by Gasteiger charge is 2.36. The number of aliphatic hydroxyl groups excluding tert-OH is 3. The summed E-state index contributed by atoms with van der Waals surface area (Å²) in [4.78, 5) is 0. The molecule has 0 spiro atoms. The van der Waals surface area contributed by atoms with Gasteiger partial charge in [-0.25, -0.2) is 0 Å². The first-order valence-electron chi connectivity index (χ1n) is 7.15. The summed E-state index contributed by atoms with van der Waals surface area (Å²) in [7, 11) is 0. The molecule has 2 rings (SSSR count). The van der Waals surface area contributed by atoms with Gasteiger partial charge in [-0.05, 0) is 30.5 Å². The molecule has 4 nitrogen and oxygen atoms in total. The maximum absolute atomic E-state index is 10.0. The van der Waals surface area contributed by atoms with Crippen molar-refractivity contribution in [1.29, 1.82) is 0 Å². The molecule has 0 fully saturated rings. The first-order valence-corrected chi connectivity index (χ1v) is 7.15. The summed E-state index contributed by atoms with van der Waals surface area (Å²) in [5.74, 6) is 0. The number of benzene rings is 1. The second-order valence-corrected chi connectivity index (χ2v) is 5.24. The Hall–Kier alpha value is -1.20. The van der Waals surface area contributed by atoms with Crippen LogP contribution in [0.15, 0.2) is 42.0 Å². The fourth-order valence-electron chi connectivity index (χ4n) is 2.58. The van der Waals surface area contributed by atoms with E-state index in [9.17, 15) is 15.3 Å². The second kappa shape index (κ2) is 6.99. The van der Waals surface area contributed by atoms with Crippen molar-refractivity contribution < 1.29 is 15.3 Å². The lowest BCUT2D eigenvalue weighted by Crippen LogP contribution is -2.53. The summed E-state index contributed by atoms with van der Waals surface area (Å²) in [6.45, 7) is 2.64. The van der Waals surface area contributed by atoms with Crippen molar-refractivity contribution in [3.8, 4) is 0 Å². The maximum atomic E-state index is 10.0. The fourth-order valence-corrected chi connectivity index (χ4v) is 2.58. The third-order valence-electron chi connectivity index (χ3n) is 3.86. The van der Waals surface area contributed by atoms with Crippen LogP contribution in [0.3, 0.4) is 0 Å². The van der Waals surface area contributed by atoms with Crippen molar-refractivity contribution in [2.75, 3.05) is 6.54 Å². The van der Waals surface area contributed by atoms with Gasteiger partial charge in [0.15, 0.2) is 0 Å². The van der Waals surface area contributed by atoms with Gasteiger partial charge in [0.2, 0.25) is 0 Å². The summed E-state index contributed by atoms with van der Waals surface area (Å²) in [6, 6.07) is 9.79. The Morgan fingerprint density at radius 3 is 2.40 bits per heavy atom. The van der Waals surface area contributed by atoms with Crippen molar-refractivity contribution in [3.63, 3.8) is 0 Å². The molecular weight excluding hydrogens is 254 g/mol. The lowest BCUT2D eigenvalue weighted by molar-refractivity contribution is -0.0620. The van der Waals surface area contributed by atoms with E-state index in [2.05, 4.69) is 17.4 Å². The van der Waals surface area contributed by atoms with Crippen LogP contribution in [0.4, 0.5) is 0 Å². The normalized spacial score (nSPS) is 30.1. The molecule has 0 aromatic heterocycles. The molecule has 1 aliphatic carbocycles. The van der Waals surface area contributed by atoms with Crippen LogP contribution in [-0.4, -0.2) is 46.2 Å². The molecule has 4 N–H and O–H groups in total. The van der Waals surface area contributed by atoms with Gasteiger partial charge in [0.1, 0.15) is 18.3 Å². The molecule has 0 aliphatic heterocycles. The number of hydrogen-bond donors (Lipinski definition) is 4. The van der Waals surface area contributed by atoms with Crippen LogP contribution in [0.2, 0.25) is 0 Å². The number of aliphatic hydroxyl groups is 3. The minimum atomic E-state index is -1.12. The van der Waals surface area contributed by atoms with Gasteiger partial charge in [-0.2, -0.15) is 0 Å². The Morgan fingerprint density at radius 1 is 1.05 bits per heavy atom. The summed E-state index contributed by atoms with van der Waals surface area (Å²) in [6.07, 6.45) is 0.315. The van der Waals surface area contributed by atoms with Crippen LogP contribution < -0.4 is 5.32 Å². The van der Waals surface area contributed by atoms with E-state index in [1.807, 2.05) is 31.2 Å². The molecule has 1 unspecified atom stereocenters. The first-order chi connectivity index (χ1) is 9.63. The van der Waals surface area contributed by atoms with E-state index < -0.39 is 18.3 Å². The van der Waals surface area contributed by atoms with Crippen molar-refractivity contribution in [2.45, 2.75) is 44.1 Å². The van der Waals surface area contributed by atoms with E-state index in [0.29, 0.717) is 13.0 Å². The van der Waals surface area contributed by atoms with Gasteiger partial charge in [0.25, 0.3) is 0 Å². The zero-order valence-corrected chi connectivity index (χ0v) is 11.7. The van der Waals surface area contributed by atoms with E-state index in [1.54, 1.807) is 0 Å². The van der Waals surface area contributed by atoms with Crippen LogP contribution in [-0.2, 0) is 6.42 Å². The maximum Gasteiger partial charge on any atom is 0.111 e. The van der Waals surface area contributed by atoms with Gasteiger partial charge in [0.05, 0.1) is 6.04 Å². The van der Waals surface area contributed by atoms with Crippen molar-refractivity contribution >= 4 is 0 Å². The van der Waals surface area contributed by atoms with Crippen LogP contribution in [0.25, 0.3) is 0 Å². The van der Waals surface area contributed by atoms with Gasteiger partial charge in [-0.1, -0.05) is 43.3 Å². The van der Waals surface area contributed by atoms with Gasteiger partial charge in [-0.15, -0.1) is 0 Å². The van der Waals surface area contributed by atoms with Gasteiger partial charge in [-0.3, -0.25) is 0 Å². The highest BCUT2D eigenvalue weighted by molar-refractivity contribution is 5.21. The zero-order chi connectivity index (χ0) is 14.5. The standard InChI is InChI=1S/C16H23NO3/c1-2-12-10-13(15(19)16(20)14(12)18)17-9-8-11-6-4-3-5-7-11/h3-7,10,13-20H,2,8-9H2,1H3/t13-,14+,15-,16?/m0/s1.